The summed E-state index contributed by atoms with van der Waals surface area (Å²) in [6, 6.07) is 4.34. The Labute approximate surface area is 153 Å². The molecule has 2 saturated carbocycles. The Bertz CT molecular complexity index is 460. The van der Waals surface area contributed by atoms with Crippen molar-refractivity contribution in [3.05, 3.63) is 0 Å². The molecule has 0 radical (unpaired) electrons. The molecule has 4 N–H and O–H groups in total. The fourth-order valence-electron chi connectivity index (χ4n) is 2.94. The minimum absolute atomic E-state index is 0.102. The fourth-order valence-corrected chi connectivity index (χ4v) is 2.94. The van der Waals surface area contributed by atoms with E-state index in [1.54, 1.807) is 0 Å². The smallest absolute Gasteiger partial charge is 0.306 e. The monoisotopic (exact) mass is 368 g/mol. The zero-order chi connectivity index (χ0) is 20.1. The maximum Gasteiger partial charge on any atom is 0.306 e. The summed E-state index contributed by atoms with van der Waals surface area (Å²) < 4.78 is 0. The summed E-state index contributed by atoms with van der Waals surface area (Å²) in [5.41, 5.74) is 0. The number of aliphatic carboxylic acids is 2. The highest BCUT2D eigenvalue weighted by Crippen LogP contribution is 2.28. The van der Waals surface area contributed by atoms with E-state index in [1.807, 2.05) is 0 Å². The summed E-state index contributed by atoms with van der Waals surface area (Å²) in [7, 11) is 0. The first kappa shape index (κ1) is 23.8. The standard InChI is InChI=1S/2C8H11NO2.C2H6O2/c2*9-5-6-1-3-7(4-2-6)8(10)11;1-2(3)4/h2*6-7H,1-4H2,(H,10,11);2-4H,1H3/t2*6-,7-;. The Morgan fingerprint density at radius 3 is 1.15 bits per heavy atom. The Kier molecular flexibility index (Phi) is 12.0. The molecule has 146 valence electrons. The first-order valence-corrected chi connectivity index (χ1v) is 8.82. The van der Waals surface area contributed by atoms with Gasteiger partial charge in [-0.05, 0) is 58.3 Å². The lowest BCUT2D eigenvalue weighted by atomic mass is 9.83. The second kappa shape index (κ2) is 13.1. The predicted octanol–water partition coefficient (Wildman–Crippen LogP) is 2.12. The van der Waals surface area contributed by atoms with Crippen LogP contribution in [-0.4, -0.2) is 38.7 Å². The van der Waals surface area contributed by atoms with Gasteiger partial charge < -0.3 is 20.4 Å². The molecule has 2 aliphatic carbocycles. The van der Waals surface area contributed by atoms with Gasteiger partial charge in [-0.15, -0.1) is 0 Å². The van der Waals surface area contributed by atoms with Gasteiger partial charge in [0.15, 0.2) is 0 Å². The van der Waals surface area contributed by atoms with E-state index in [2.05, 4.69) is 12.1 Å². The van der Waals surface area contributed by atoms with Crippen LogP contribution in [0.4, 0.5) is 0 Å². The topological polar surface area (TPSA) is 163 Å². The van der Waals surface area contributed by atoms with Crippen molar-refractivity contribution in [3.63, 3.8) is 0 Å². The molecule has 0 unspecified atom stereocenters. The second-order valence-corrected chi connectivity index (χ2v) is 6.66. The van der Waals surface area contributed by atoms with Gasteiger partial charge in [-0.3, -0.25) is 9.59 Å². The van der Waals surface area contributed by atoms with Crippen molar-refractivity contribution < 1.29 is 30.0 Å². The van der Waals surface area contributed by atoms with Gasteiger partial charge in [0.25, 0.3) is 0 Å². The van der Waals surface area contributed by atoms with Crippen molar-refractivity contribution in [1.29, 1.82) is 10.5 Å². The van der Waals surface area contributed by atoms with Crippen molar-refractivity contribution in [3.8, 4) is 12.1 Å². The molecule has 0 heterocycles. The molecule has 0 atom stereocenters. The van der Waals surface area contributed by atoms with E-state index in [1.165, 1.54) is 6.92 Å². The Morgan fingerprint density at radius 2 is 1.00 bits per heavy atom. The van der Waals surface area contributed by atoms with Gasteiger partial charge in [-0.1, -0.05) is 0 Å². The maximum absolute atomic E-state index is 10.5. The van der Waals surface area contributed by atoms with Gasteiger partial charge in [-0.25, -0.2) is 0 Å². The number of hydrogen-bond donors (Lipinski definition) is 4. The molecule has 0 bridgehead atoms. The van der Waals surface area contributed by atoms with Crippen molar-refractivity contribution in [2.45, 2.75) is 64.6 Å². The molecule has 0 aromatic heterocycles. The molecule has 0 aromatic rings. The number of carboxylic acids is 2. The zero-order valence-electron chi connectivity index (χ0n) is 15.0. The van der Waals surface area contributed by atoms with Gasteiger partial charge in [0.1, 0.15) is 6.29 Å². The predicted molar refractivity (Wildman–Crippen MR) is 91.3 cm³/mol. The van der Waals surface area contributed by atoms with E-state index in [4.69, 9.17) is 30.9 Å². The van der Waals surface area contributed by atoms with Crippen LogP contribution in [0.15, 0.2) is 0 Å². The first-order chi connectivity index (χ1) is 12.2. The molecule has 8 nitrogen and oxygen atoms in total. The van der Waals surface area contributed by atoms with Crippen LogP contribution in [-0.2, 0) is 9.59 Å². The van der Waals surface area contributed by atoms with Crippen LogP contribution in [0.25, 0.3) is 0 Å². The fraction of sp³-hybridized carbons (Fsp3) is 0.778. The summed E-state index contributed by atoms with van der Waals surface area (Å²) in [5, 5.41) is 49.5. The first-order valence-electron chi connectivity index (χ1n) is 8.82. The molecule has 0 saturated heterocycles. The summed E-state index contributed by atoms with van der Waals surface area (Å²) >= 11 is 0. The highest BCUT2D eigenvalue weighted by molar-refractivity contribution is 5.70. The average Bonchev–Trinajstić information content (AvgIpc) is 2.61. The Morgan fingerprint density at radius 1 is 0.769 bits per heavy atom. The van der Waals surface area contributed by atoms with Gasteiger partial charge in [0.2, 0.25) is 0 Å². The Hall–Kier alpha value is -2.16. The summed E-state index contributed by atoms with van der Waals surface area (Å²) in [6.07, 6.45) is 4.56. The molecule has 0 spiro atoms. The lowest BCUT2D eigenvalue weighted by Crippen LogP contribution is -2.20. The van der Waals surface area contributed by atoms with Crippen LogP contribution < -0.4 is 0 Å². The van der Waals surface area contributed by atoms with E-state index in [9.17, 15) is 9.59 Å². The normalized spacial score (nSPS) is 27.5. The van der Waals surface area contributed by atoms with Crippen LogP contribution in [0.5, 0.6) is 0 Å². The molecule has 2 fully saturated rings. The van der Waals surface area contributed by atoms with Crippen LogP contribution in [0.2, 0.25) is 0 Å². The third kappa shape index (κ3) is 10.7. The minimum Gasteiger partial charge on any atom is -0.481 e. The quantitative estimate of drug-likeness (QED) is 0.538. The molecular weight excluding hydrogens is 340 g/mol. The molecular formula is C18H28N2O6. The average molecular weight is 368 g/mol. The number of nitrogens with zero attached hydrogens (tertiary/aromatic N) is 2. The number of rotatable bonds is 2. The number of aliphatic hydroxyl groups excluding tert-OH is 1. The maximum atomic E-state index is 10.5. The highest BCUT2D eigenvalue weighted by atomic mass is 16.5. The summed E-state index contributed by atoms with van der Waals surface area (Å²) in [4.78, 5) is 20.9. The molecule has 0 aliphatic heterocycles. The number of aliphatic hydroxyl groups is 2. The van der Waals surface area contributed by atoms with Gasteiger partial charge >= 0.3 is 11.9 Å². The van der Waals surface area contributed by atoms with Crippen LogP contribution >= 0.6 is 0 Å². The van der Waals surface area contributed by atoms with Crippen molar-refractivity contribution >= 4 is 11.9 Å². The van der Waals surface area contributed by atoms with E-state index in [0.29, 0.717) is 25.7 Å². The van der Waals surface area contributed by atoms with E-state index >= 15 is 0 Å². The lowest BCUT2D eigenvalue weighted by molar-refractivity contribution is -0.143. The molecule has 2 rings (SSSR count). The van der Waals surface area contributed by atoms with E-state index in [-0.39, 0.29) is 23.7 Å². The van der Waals surface area contributed by atoms with E-state index < -0.39 is 18.2 Å². The van der Waals surface area contributed by atoms with Crippen molar-refractivity contribution in [1.82, 2.24) is 0 Å². The van der Waals surface area contributed by atoms with Crippen LogP contribution in [0, 0.1) is 46.3 Å². The number of hydrogen-bond acceptors (Lipinski definition) is 6. The number of nitriles is 2. The summed E-state index contributed by atoms with van der Waals surface area (Å²) in [5.74, 6) is -1.60. The number of carboxylic acid groups (broad SMARTS) is 2. The Balaban J connectivity index is 0.000000401. The largest absolute Gasteiger partial charge is 0.481 e. The SMILES string of the molecule is CC(O)O.N#C[C@H]1CC[C@H](C(=O)O)CC1.N#C[C@H]1CC[C@H](C(=O)O)CC1. The molecule has 0 amide bonds. The molecule has 2 aliphatic rings. The molecule has 8 heteroatoms. The van der Waals surface area contributed by atoms with Crippen LogP contribution in [0.3, 0.4) is 0 Å². The van der Waals surface area contributed by atoms with Crippen molar-refractivity contribution in [2.24, 2.45) is 23.7 Å². The van der Waals surface area contributed by atoms with Gasteiger partial charge in [0.05, 0.1) is 24.0 Å². The summed E-state index contributed by atoms with van der Waals surface area (Å²) in [6.45, 7) is 1.28. The minimum atomic E-state index is -1.17. The third-order valence-electron chi connectivity index (χ3n) is 4.52. The second-order valence-electron chi connectivity index (χ2n) is 6.66. The molecule has 26 heavy (non-hydrogen) atoms. The van der Waals surface area contributed by atoms with Crippen molar-refractivity contribution in [2.75, 3.05) is 0 Å². The highest BCUT2D eigenvalue weighted by Gasteiger charge is 2.26. The van der Waals surface area contributed by atoms with Crippen LogP contribution in [0.1, 0.15) is 58.3 Å². The van der Waals surface area contributed by atoms with E-state index in [0.717, 1.165) is 25.7 Å². The zero-order valence-corrected chi connectivity index (χ0v) is 15.0. The molecule has 0 aromatic carbocycles. The number of carbonyl (C=O) groups is 2. The van der Waals surface area contributed by atoms with Gasteiger partial charge in [-0.2, -0.15) is 10.5 Å². The van der Waals surface area contributed by atoms with Gasteiger partial charge in [0, 0.05) is 11.8 Å². The lowest BCUT2D eigenvalue weighted by Gasteiger charge is -2.20. The third-order valence-corrected chi connectivity index (χ3v) is 4.52.